The normalized spacial score (nSPS) is 8.00. The zero-order valence-electron chi connectivity index (χ0n) is 10.2. The Bertz CT molecular complexity index is 300. The molecule has 0 aliphatic carbocycles. The molecule has 0 radical (unpaired) electrons. The van der Waals surface area contributed by atoms with Crippen LogP contribution in [0.15, 0.2) is 97.6 Å². The Kier molecular flexibility index (Phi) is 8.32. The van der Waals surface area contributed by atoms with Crippen molar-refractivity contribution in [3.8, 4) is 0 Å². The standard InChI is InChI=1S/2C8H9N/c2*1-2-4-6-8-9-7-5-3-1/h2*1-9H. The third-order valence-corrected chi connectivity index (χ3v) is 1.88. The van der Waals surface area contributed by atoms with Crippen LogP contribution >= 0.6 is 0 Å². The van der Waals surface area contributed by atoms with Gasteiger partial charge in [-0.05, 0) is 24.3 Å². The van der Waals surface area contributed by atoms with Gasteiger partial charge in [-0.3, -0.25) is 0 Å². The molecule has 0 amide bonds. The van der Waals surface area contributed by atoms with E-state index in [1.165, 1.54) is 0 Å². The van der Waals surface area contributed by atoms with Crippen molar-refractivity contribution in [1.82, 2.24) is 9.97 Å². The summed E-state index contributed by atoms with van der Waals surface area (Å²) in [6, 6.07) is 23.6. The maximum Gasteiger partial charge on any atom is 0.000442 e. The second-order valence-corrected chi connectivity index (χ2v) is 3.31. The van der Waals surface area contributed by atoms with E-state index in [0.29, 0.717) is 0 Å². The number of hydrogen-bond acceptors (Lipinski definition) is 0. The molecule has 2 rings (SSSR count). The Hall–Kier alpha value is -2.48. The van der Waals surface area contributed by atoms with Crippen LogP contribution in [-0.2, 0) is 0 Å². The minimum atomic E-state index is 1.88. The summed E-state index contributed by atoms with van der Waals surface area (Å²) in [5, 5.41) is 0. The maximum atomic E-state index is 2.96. The van der Waals surface area contributed by atoms with Crippen LogP contribution in [0.1, 0.15) is 0 Å². The topological polar surface area (TPSA) is 31.6 Å². The predicted octanol–water partition coefficient (Wildman–Crippen LogP) is 4.28. The molecule has 2 aromatic heterocycles. The molecule has 0 atom stereocenters. The minimum absolute atomic E-state index is 1.88. The maximum absolute atomic E-state index is 2.96. The SMILES string of the molecule is c1cccc[nH]ccc1.c1cccc[nH]ccc1. The summed E-state index contributed by atoms with van der Waals surface area (Å²) < 4.78 is 0. The van der Waals surface area contributed by atoms with Crippen molar-refractivity contribution in [2.45, 2.75) is 0 Å². The molecule has 2 N–H and O–H groups in total. The number of H-pyrrole nitrogens is 2. The fourth-order valence-corrected chi connectivity index (χ4v) is 1.07. The van der Waals surface area contributed by atoms with E-state index in [1.54, 1.807) is 0 Å². The fraction of sp³-hybridized carbons (Fsp3) is 0. The first-order chi connectivity index (χ1) is 9.00. The molecular weight excluding hydrogens is 220 g/mol. The van der Waals surface area contributed by atoms with E-state index in [4.69, 9.17) is 0 Å². The Morgan fingerprint density at radius 2 is 0.500 bits per heavy atom. The smallest absolute Gasteiger partial charge is 0.000442 e. The largest absolute Gasteiger partial charge is 0.368 e. The highest BCUT2D eigenvalue weighted by Crippen LogP contribution is 1.77. The quantitative estimate of drug-likeness (QED) is 0.686. The Balaban J connectivity index is 0.000000180. The molecular formula is C16H18N2. The average Bonchev–Trinajstić information content (AvgIpc) is 2.65. The van der Waals surface area contributed by atoms with Gasteiger partial charge in [0, 0.05) is 24.8 Å². The molecule has 18 heavy (non-hydrogen) atoms. The second-order valence-electron chi connectivity index (χ2n) is 3.31. The number of nitrogens with one attached hydrogen (secondary N) is 2. The Morgan fingerprint density at radius 3 is 0.778 bits per heavy atom. The zero-order chi connectivity index (χ0) is 12.7. The van der Waals surface area contributed by atoms with Gasteiger partial charge in [0.05, 0.1) is 0 Å². The van der Waals surface area contributed by atoms with E-state index in [-0.39, 0.29) is 0 Å². The first-order valence-corrected chi connectivity index (χ1v) is 5.82. The van der Waals surface area contributed by atoms with E-state index in [9.17, 15) is 0 Å². The molecule has 2 aromatic rings. The van der Waals surface area contributed by atoms with Gasteiger partial charge < -0.3 is 9.97 Å². The minimum Gasteiger partial charge on any atom is -0.368 e. The summed E-state index contributed by atoms with van der Waals surface area (Å²) in [5.41, 5.74) is 0. The second kappa shape index (κ2) is 11.0. The molecule has 0 unspecified atom stereocenters. The van der Waals surface area contributed by atoms with Crippen molar-refractivity contribution < 1.29 is 0 Å². The lowest BCUT2D eigenvalue weighted by molar-refractivity contribution is 1.36. The number of aromatic nitrogens is 2. The van der Waals surface area contributed by atoms with E-state index in [0.717, 1.165) is 0 Å². The summed E-state index contributed by atoms with van der Waals surface area (Å²) in [6.45, 7) is 0. The van der Waals surface area contributed by atoms with Crippen LogP contribution in [0.25, 0.3) is 0 Å². The molecule has 2 heteroatoms. The zero-order valence-corrected chi connectivity index (χ0v) is 10.2. The van der Waals surface area contributed by atoms with E-state index < -0.39 is 0 Å². The van der Waals surface area contributed by atoms with E-state index >= 15 is 0 Å². The molecule has 2 nitrogen and oxygen atoms in total. The van der Waals surface area contributed by atoms with Gasteiger partial charge in [-0.15, -0.1) is 0 Å². The predicted molar refractivity (Wildman–Crippen MR) is 76.8 cm³/mol. The molecule has 92 valence electrons. The van der Waals surface area contributed by atoms with Crippen molar-refractivity contribution in [3.05, 3.63) is 97.6 Å². The van der Waals surface area contributed by atoms with Crippen LogP contribution in [0.5, 0.6) is 0 Å². The number of aromatic amines is 2. The first kappa shape index (κ1) is 13.6. The van der Waals surface area contributed by atoms with Gasteiger partial charge in [0.2, 0.25) is 0 Å². The van der Waals surface area contributed by atoms with Gasteiger partial charge in [0.1, 0.15) is 0 Å². The molecule has 0 saturated carbocycles. The molecule has 0 aliphatic rings. The van der Waals surface area contributed by atoms with Gasteiger partial charge in [-0.1, -0.05) is 48.5 Å². The van der Waals surface area contributed by atoms with Crippen molar-refractivity contribution in [2.24, 2.45) is 0 Å². The summed E-state index contributed by atoms with van der Waals surface area (Å²) >= 11 is 0. The molecule has 0 aromatic carbocycles. The van der Waals surface area contributed by atoms with E-state index in [1.807, 2.05) is 97.6 Å². The van der Waals surface area contributed by atoms with Gasteiger partial charge in [0.15, 0.2) is 0 Å². The van der Waals surface area contributed by atoms with Crippen LogP contribution in [0.3, 0.4) is 0 Å². The average molecular weight is 238 g/mol. The fourth-order valence-electron chi connectivity index (χ4n) is 1.07. The highest BCUT2D eigenvalue weighted by atomic mass is 14.6. The molecule has 0 saturated heterocycles. The molecule has 0 aliphatic heterocycles. The highest BCUT2D eigenvalue weighted by Gasteiger charge is 1.58. The van der Waals surface area contributed by atoms with Gasteiger partial charge in [-0.2, -0.15) is 0 Å². The number of hydrogen-bond donors (Lipinski definition) is 2. The first-order valence-electron chi connectivity index (χ1n) is 5.82. The lowest BCUT2D eigenvalue weighted by atomic mass is 10.5. The summed E-state index contributed by atoms with van der Waals surface area (Å²) in [7, 11) is 0. The van der Waals surface area contributed by atoms with Crippen LogP contribution < -0.4 is 0 Å². The van der Waals surface area contributed by atoms with E-state index in [2.05, 4.69) is 9.97 Å². The monoisotopic (exact) mass is 238 g/mol. The van der Waals surface area contributed by atoms with Crippen molar-refractivity contribution in [1.29, 1.82) is 0 Å². The van der Waals surface area contributed by atoms with Crippen molar-refractivity contribution >= 4 is 0 Å². The van der Waals surface area contributed by atoms with Crippen LogP contribution in [-0.4, -0.2) is 9.97 Å². The van der Waals surface area contributed by atoms with Crippen LogP contribution in [0.4, 0.5) is 0 Å². The van der Waals surface area contributed by atoms with Crippen LogP contribution in [0.2, 0.25) is 0 Å². The van der Waals surface area contributed by atoms with Crippen molar-refractivity contribution in [2.75, 3.05) is 0 Å². The Labute approximate surface area is 108 Å². The van der Waals surface area contributed by atoms with Gasteiger partial charge in [0.25, 0.3) is 0 Å². The molecule has 0 fully saturated rings. The highest BCUT2D eigenvalue weighted by molar-refractivity contribution is 4.94. The molecule has 0 spiro atoms. The van der Waals surface area contributed by atoms with Gasteiger partial charge >= 0.3 is 0 Å². The number of rotatable bonds is 0. The lowest BCUT2D eigenvalue weighted by Gasteiger charge is -1.65. The lowest BCUT2D eigenvalue weighted by Crippen LogP contribution is -1.52. The molecule has 2 heterocycles. The Morgan fingerprint density at radius 1 is 0.278 bits per heavy atom. The third kappa shape index (κ3) is 8.80. The van der Waals surface area contributed by atoms with Crippen molar-refractivity contribution in [3.63, 3.8) is 0 Å². The van der Waals surface area contributed by atoms with Crippen LogP contribution in [0, 0.1) is 0 Å². The molecule has 0 bridgehead atoms. The summed E-state index contributed by atoms with van der Waals surface area (Å²) in [5.74, 6) is 0. The van der Waals surface area contributed by atoms with Gasteiger partial charge in [-0.25, -0.2) is 0 Å². The summed E-state index contributed by atoms with van der Waals surface area (Å²) in [6.07, 6.45) is 7.50. The summed E-state index contributed by atoms with van der Waals surface area (Å²) in [4.78, 5) is 5.93. The third-order valence-electron chi connectivity index (χ3n) is 1.88.